The van der Waals surface area contributed by atoms with Gasteiger partial charge in [-0.1, -0.05) is 13.8 Å². The summed E-state index contributed by atoms with van der Waals surface area (Å²) in [5, 5.41) is 0. The molecule has 0 saturated carbocycles. The minimum absolute atomic E-state index is 0.707. The number of aromatic nitrogens is 1. The van der Waals surface area contributed by atoms with Crippen LogP contribution in [0.3, 0.4) is 0 Å². The van der Waals surface area contributed by atoms with Crippen molar-refractivity contribution in [2.45, 2.75) is 26.2 Å². The SMILES string of the molecule is CC1Cc2ccncc2C1C. The minimum atomic E-state index is 0.707. The largest absolute Gasteiger partial charge is 0.264 e. The van der Waals surface area contributed by atoms with E-state index in [2.05, 4.69) is 24.9 Å². The lowest BCUT2D eigenvalue weighted by atomic mass is 9.98. The Balaban J connectivity index is 2.47. The molecular formula is C10H13N. The predicted octanol–water partition coefficient (Wildman–Crippen LogP) is 2.38. The van der Waals surface area contributed by atoms with Crippen LogP contribution in [-0.2, 0) is 6.42 Å². The molecule has 1 heterocycles. The van der Waals surface area contributed by atoms with E-state index in [1.807, 2.05) is 12.4 Å². The molecule has 2 unspecified atom stereocenters. The zero-order valence-corrected chi connectivity index (χ0v) is 7.04. The topological polar surface area (TPSA) is 12.9 Å². The highest BCUT2D eigenvalue weighted by Crippen LogP contribution is 2.36. The average Bonchev–Trinajstić information content (AvgIpc) is 2.30. The third-order valence-electron chi connectivity index (χ3n) is 2.83. The van der Waals surface area contributed by atoms with Gasteiger partial charge in [0.15, 0.2) is 0 Å². The van der Waals surface area contributed by atoms with Gasteiger partial charge in [0.05, 0.1) is 0 Å². The Kier molecular flexibility index (Phi) is 1.45. The minimum Gasteiger partial charge on any atom is -0.264 e. The number of pyridine rings is 1. The lowest BCUT2D eigenvalue weighted by molar-refractivity contribution is 0.531. The maximum absolute atomic E-state index is 4.14. The van der Waals surface area contributed by atoms with E-state index < -0.39 is 0 Å². The van der Waals surface area contributed by atoms with Crippen molar-refractivity contribution in [2.24, 2.45) is 5.92 Å². The summed E-state index contributed by atoms with van der Waals surface area (Å²) in [7, 11) is 0. The van der Waals surface area contributed by atoms with Crippen LogP contribution in [0, 0.1) is 5.92 Å². The van der Waals surface area contributed by atoms with Gasteiger partial charge in [-0.2, -0.15) is 0 Å². The molecule has 11 heavy (non-hydrogen) atoms. The van der Waals surface area contributed by atoms with Crippen molar-refractivity contribution in [1.82, 2.24) is 4.98 Å². The summed E-state index contributed by atoms with van der Waals surface area (Å²) in [6.45, 7) is 4.60. The van der Waals surface area contributed by atoms with Crippen molar-refractivity contribution >= 4 is 0 Å². The molecule has 2 atom stereocenters. The summed E-state index contributed by atoms with van der Waals surface area (Å²) in [5.41, 5.74) is 2.96. The number of nitrogens with zero attached hydrogens (tertiary/aromatic N) is 1. The second kappa shape index (κ2) is 2.33. The summed E-state index contributed by atoms with van der Waals surface area (Å²) < 4.78 is 0. The second-order valence-corrected chi connectivity index (χ2v) is 3.54. The van der Waals surface area contributed by atoms with Crippen LogP contribution in [-0.4, -0.2) is 4.98 Å². The van der Waals surface area contributed by atoms with E-state index in [-0.39, 0.29) is 0 Å². The molecule has 1 aromatic rings. The fourth-order valence-corrected chi connectivity index (χ4v) is 1.86. The van der Waals surface area contributed by atoms with Crippen LogP contribution in [0.5, 0.6) is 0 Å². The predicted molar refractivity (Wildman–Crippen MR) is 45.5 cm³/mol. The highest BCUT2D eigenvalue weighted by atomic mass is 14.6. The zero-order chi connectivity index (χ0) is 7.84. The van der Waals surface area contributed by atoms with Crippen molar-refractivity contribution in [3.05, 3.63) is 29.6 Å². The second-order valence-electron chi connectivity index (χ2n) is 3.54. The Morgan fingerprint density at radius 1 is 1.45 bits per heavy atom. The molecule has 0 aromatic carbocycles. The Bertz CT molecular complexity index is 267. The third-order valence-corrected chi connectivity index (χ3v) is 2.83. The Hall–Kier alpha value is -0.850. The number of hydrogen-bond acceptors (Lipinski definition) is 1. The first-order valence-electron chi connectivity index (χ1n) is 4.22. The molecule has 0 amide bonds. The van der Waals surface area contributed by atoms with Crippen LogP contribution in [0.2, 0.25) is 0 Å². The van der Waals surface area contributed by atoms with Crippen molar-refractivity contribution in [1.29, 1.82) is 0 Å². The summed E-state index contributed by atoms with van der Waals surface area (Å²) in [4.78, 5) is 4.14. The molecule has 0 fully saturated rings. The third kappa shape index (κ3) is 0.953. The van der Waals surface area contributed by atoms with Crippen LogP contribution in [0.15, 0.2) is 18.5 Å². The maximum atomic E-state index is 4.14. The standard InChI is InChI=1S/C10H13N/c1-7-5-9-3-4-11-6-10(9)8(7)2/h3-4,6-8H,5H2,1-2H3. The molecule has 1 aliphatic carbocycles. The normalized spacial score (nSPS) is 28.5. The lowest BCUT2D eigenvalue weighted by Crippen LogP contribution is -1.97. The van der Waals surface area contributed by atoms with Crippen molar-refractivity contribution in [2.75, 3.05) is 0 Å². The fraction of sp³-hybridized carbons (Fsp3) is 0.500. The smallest absolute Gasteiger partial charge is 0.0305 e. The molecule has 0 radical (unpaired) electrons. The Labute approximate surface area is 67.5 Å². The van der Waals surface area contributed by atoms with Gasteiger partial charge in [-0.3, -0.25) is 4.98 Å². The van der Waals surface area contributed by atoms with E-state index >= 15 is 0 Å². The van der Waals surface area contributed by atoms with Gasteiger partial charge < -0.3 is 0 Å². The molecule has 1 nitrogen and oxygen atoms in total. The van der Waals surface area contributed by atoms with Gasteiger partial charge in [0.25, 0.3) is 0 Å². The van der Waals surface area contributed by atoms with Crippen LogP contribution in [0.1, 0.15) is 30.9 Å². The van der Waals surface area contributed by atoms with Gasteiger partial charge in [0, 0.05) is 12.4 Å². The molecule has 0 N–H and O–H groups in total. The molecule has 1 heteroatoms. The first kappa shape index (κ1) is 6.84. The monoisotopic (exact) mass is 147 g/mol. The van der Waals surface area contributed by atoms with E-state index in [4.69, 9.17) is 0 Å². The van der Waals surface area contributed by atoms with Gasteiger partial charge in [-0.15, -0.1) is 0 Å². The summed E-state index contributed by atoms with van der Waals surface area (Å²) in [6.07, 6.45) is 5.14. The van der Waals surface area contributed by atoms with Crippen molar-refractivity contribution < 1.29 is 0 Å². The van der Waals surface area contributed by atoms with Crippen LogP contribution < -0.4 is 0 Å². The molecule has 2 rings (SSSR count). The van der Waals surface area contributed by atoms with Crippen molar-refractivity contribution in [3.63, 3.8) is 0 Å². The average molecular weight is 147 g/mol. The molecular weight excluding hydrogens is 134 g/mol. The maximum Gasteiger partial charge on any atom is 0.0305 e. The fourth-order valence-electron chi connectivity index (χ4n) is 1.86. The van der Waals surface area contributed by atoms with E-state index in [1.54, 1.807) is 0 Å². The van der Waals surface area contributed by atoms with Crippen molar-refractivity contribution in [3.8, 4) is 0 Å². The van der Waals surface area contributed by atoms with E-state index in [9.17, 15) is 0 Å². The summed E-state index contributed by atoms with van der Waals surface area (Å²) in [6, 6.07) is 2.15. The molecule has 0 aliphatic heterocycles. The number of fused-ring (bicyclic) bond motifs is 1. The quantitative estimate of drug-likeness (QED) is 0.549. The zero-order valence-electron chi connectivity index (χ0n) is 7.04. The van der Waals surface area contributed by atoms with Gasteiger partial charge in [-0.05, 0) is 35.4 Å². The molecule has 1 aromatic heterocycles. The van der Waals surface area contributed by atoms with Crippen LogP contribution >= 0.6 is 0 Å². The Morgan fingerprint density at radius 2 is 2.27 bits per heavy atom. The number of rotatable bonds is 0. The van der Waals surface area contributed by atoms with E-state index in [0.29, 0.717) is 5.92 Å². The van der Waals surface area contributed by atoms with E-state index in [0.717, 1.165) is 5.92 Å². The van der Waals surface area contributed by atoms with Crippen LogP contribution in [0.4, 0.5) is 0 Å². The molecule has 0 bridgehead atoms. The van der Waals surface area contributed by atoms with Gasteiger partial charge in [0.1, 0.15) is 0 Å². The van der Waals surface area contributed by atoms with Gasteiger partial charge >= 0.3 is 0 Å². The molecule has 0 spiro atoms. The first-order valence-corrected chi connectivity index (χ1v) is 4.22. The Morgan fingerprint density at radius 3 is 3.00 bits per heavy atom. The number of hydrogen-bond donors (Lipinski definition) is 0. The molecule has 0 saturated heterocycles. The highest BCUT2D eigenvalue weighted by Gasteiger charge is 2.24. The molecule has 1 aliphatic rings. The van der Waals surface area contributed by atoms with Gasteiger partial charge in [0.2, 0.25) is 0 Å². The summed E-state index contributed by atoms with van der Waals surface area (Å²) in [5.74, 6) is 1.51. The lowest BCUT2D eigenvalue weighted by Gasteiger charge is -2.07. The summed E-state index contributed by atoms with van der Waals surface area (Å²) >= 11 is 0. The highest BCUT2D eigenvalue weighted by molar-refractivity contribution is 5.32. The molecule has 58 valence electrons. The van der Waals surface area contributed by atoms with E-state index in [1.165, 1.54) is 17.5 Å². The van der Waals surface area contributed by atoms with Crippen LogP contribution in [0.25, 0.3) is 0 Å². The van der Waals surface area contributed by atoms with Gasteiger partial charge in [-0.25, -0.2) is 0 Å². The first-order chi connectivity index (χ1) is 5.29.